The Hall–Kier alpha value is -2.16. The van der Waals surface area contributed by atoms with Gasteiger partial charge in [0.05, 0.1) is 26.1 Å². The Kier molecular flexibility index (Phi) is 21.5. The van der Waals surface area contributed by atoms with E-state index in [1.165, 1.54) is 43.4 Å². The van der Waals surface area contributed by atoms with Crippen LogP contribution < -0.4 is 0 Å². The molecule has 0 saturated heterocycles. The fourth-order valence-corrected chi connectivity index (χ4v) is 3.73. The maximum atomic E-state index is 13.0. The number of nitrogens with zero attached hydrogens (tertiary/aromatic N) is 1. The highest BCUT2D eigenvalue weighted by Gasteiger charge is 2.33. The summed E-state index contributed by atoms with van der Waals surface area (Å²) in [5.74, 6) is -2.72. The van der Waals surface area contributed by atoms with Gasteiger partial charge in [-0.25, -0.2) is 4.79 Å². The highest BCUT2D eigenvalue weighted by Crippen LogP contribution is 2.14. The molecule has 0 aromatic rings. The first kappa shape index (κ1) is 35.8. The van der Waals surface area contributed by atoms with Crippen LogP contribution in [0.25, 0.3) is 0 Å². The minimum atomic E-state index is -1.18. The maximum Gasteiger partial charge on any atom is 0.329 e. The number of carbonyl (C=O) groups is 4. The molecule has 38 heavy (non-hydrogen) atoms. The van der Waals surface area contributed by atoms with Crippen LogP contribution in [0, 0.1) is 11.8 Å². The normalized spacial score (nSPS) is 12.0. The van der Waals surface area contributed by atoms with Crippen molar-refractivity contribution in [1.29, 1.82) is 0 Å². The summed E-state index contributed by atoms with van der Waals surface area (Å²) < 4.78 is 16.4. The van der Waals surface area contributed by atoms with Gasteiger partial charge in [0.2, 0.25) is 5.91 Å². The molecule has 0 spiro atoms. The molecule has 1 atom stereocenters. The van der Waals surface area contributed by atoms with Crippen LogP contribution in [0.5, 0.6) is 0 Å². The summed E-state index contributed by atoms with van der Waals surface area (Å²) in [6.07, 6.45) is 9.14. The predicted octanol–water partition coefficient (Wildman–Crippen LogP) is 5.38. The molecule has 222 valence electrons. The van der Waals surface area contributed by atoms with Crippen LogP contribution in [0.4, 0.5) is 0 Å². The number of hydrogen-bond donors (Lipinski definition) is 1. The molecular formula is C29H53NO8. The number of carbonyl (C=O) groups excluding carboxylic acids is 3. The van der Waals surface area contributed by atoms with Gasteiger partial charge in [-0.15, -0.1) is 0 Å². The van der Waals surface area contributed by atoms with Crippen molar-refractivity contribution in [2.75, 3.05) is 33.0 Å². The Morgan fingerprint density at radius 2 is 1.29 bits per heavy atom. The second kappa shape index (κ2) is 22.8. The number of ether oxygens (including phenoxy) is 3. The second-order valence-electron chi connectivity index (χ2n) is 10.7. The Morgan fingerprint density at radius 3 is 1.87 bits per heavy atom. The topological polar surface area (TPSA) is 119 Å². The first-order valence-electron chi connectivity index (χ1n) is 14.5. The van der Waals surface area contributed by atoms with Crippen molar-refractivity contribution < 1.29 is 38.5 Å². The van der Waals surface area contributed by atoms with E-state index in [1.807, 2.05) is 27.7 Å². The molecule has 0 rings (SSSR count). The molecule has 9 heteroatoms. The first-order valence-corrected chi connectivity index (χ1v) is 14.5. The van der Waals surface area contributed by atoms with E-state index in [0.717, 1.165) is 12.8 Å². The van der Waals surface area contributed by atoms with Gasteiger partial charge in [0, 0.05) is 26.2 Å². The Labute approximate surface area is 229 Å². The minimum absolute atomic E-state index is 0.0772. The number of carboxylic acids is 1. The molecule has 0 radical (unpaired) electrons. The van der Waals surface area contributed by atoms with Gasteiger partial charge in [0.25, 0.3) is 0 Å². The SMILES string of the molecule is CCCCCCCCCCOCCCN(C(=O)CCC(=O)O)C(CC(=O)OCC(C)C)C(=O)OCC(C)C. The number of hydrogen-bond acceptors (Lipinski definition) is 7. The van der Waals surface area contributed by atoms with Gasteiger partial charge < -0.3 is 24.2 Å². The van der Waals surface area contributed by atoms with Gasteiger partial charge in [-0.1, -0.05) is 79.6 Å². The molecule has 0 saturated carbocycles. The van der Waals surface area contributed by atoms with Crippen molar-refractivity contribution in [3.63, 3.8) is 0 Å². The lowest BCUT2D eigenvalue weighted by atomic mass is 10.1. The third kappa shape index (κ3) is 19.9. The largest absolute Gasteiger partial charge is 0.481 e. The van der Waals surface area contributed by atoms with E-state index in [9.17, 15) is 19.2 Å². The highest BCUT2D eigenvalue weighted by molar-refractivity contribution is 5.89. The summed E-state index contributed by atoms with van der Waals surface area (Å²) in [5.41, 5.74) is 0. The Balaban J connectivity index is 5.01. The summed E-state index contributed by atoms with van der Waals surface area (Å²) in [5, 5.41) is 9.04. The summed E-state index contributed by atoms with van der Waals surface area (Å²) in [6.45, 7) is 11.3. The number of carboxylic acid groups (broad SMARTS) is 1. The minimum Gasteiger partial charge on any atom is -0.481 e. The highest BCUT2D eigenvalue weighted by atomic mass is 16.5. The van der Waals surface area contributed by atoms with Crippen molar-refractivity contribution in [2.45, 2.75) is 118 Å². The number of esters is 2. The van der Waals surface area contributed by atoms with Gasteiger partial charge in [-0.2, -0.15) is 0 Å². The van der Waals surface area contributed by atoms with Crippen molar-refractivity contribution >= 4 is 23.8 Å². The lowest BCUT2D eigenvalue weighted by Gasteiger charge is -2.30. The third-order valence-electron chi connectivity index (χ3n) is 5.85. The van der Waals surface area contributed by atoms with Crippen LogP contribution in [0.3, 0.4) is 0 Å². The smallest absolute Gasteiger partial charge is 0.329 e. The van der Waals surface area contributed by atoms with Crippen molar-refractivity contribution in [3.05, 3.63) is 0 Å². The van der Waals surface area contributed by atoms with Crippen LogP contribution in [-0.2, 0) is 33.4 Å². The quantitative estimate of drug-likeness (QED) is 0.127. The molecule has 1 amide bonds. The average molecular weight is 544 g/mol. The molecule has 1 unspecified atom stereocenters. The van der Waals surface area contributed by atoms with Crippen molar-refractivity contribution in [2.24, 2.45) is 11.8 Å². The lowest BCUT2D eigenvalue weighted by molar-refractivity contribution is -0.161. The predicted molar refractivity (Wildman–Crippen MR) is 147 cm³/mol. The van der Waals surface area contributed by atoms with Crippen LogP contribution in [-0.4, -0.2) is 72.8 Å². The van der Waals surface area contributed by atoms with Crippen LogP contribution in [0.2, 0.25) is 0 Å². The van der Waals surface area contributed by atoms with Gasteiger partial charge in [0.15, 0.2) is 0 Å². The van der Waals surface area contributed by atoms with E-state index in [1.54, 1.807) is 0 Å². The molecule has 0 aliphatic rings. The van der Waals surface area contributed by atoms with Crippen LogP contribution in [0.15, 0.2) is 0 Å². The van der Waals surface area contributed by atoms with Crippen LogP contribution in [0.1, 0.15) is 112 Å². The number of unbranched alkanes of at least 4 members (excludes halogenated alkanes) is 7. The zero-order valence-corrected chi connectivity index (χ0v) is 24.5. The standard InChI is InChI=1S/C29H53NO8/c1-6-7-8-9-10-11-12-13-18-36-19-14-17-30(26(31)15-16-27(32)33)25(29(35)38-22-24(4)5)20-28(34)37-21-23(2)3/h23-25H,6-22H2,1-5H3,(H,32,33). The molecule has 1 N–H and O–H groups in total. The molecule has 0 fully saturated rings. The molecule has 9 nitrogen and oxygen atoms in total. The number of amides is 1. The zero-order valence-electron chi connectivity index (χ0n) is 24.5. The summed E-state index contributed by atoms with van der Waals surface area (Å²) >= 11 is 0. The average Bonchev–Trinajstić information content (AvgIpc) is 2.86. The van der Waals surface area contributed by atoms with Crippen molar-refractivity contribution in [1.82, 2.24) is 4.90 Å². The molecule has 0 aromatic heterocycles. The molecule has 0 heterocycles. The van der Waals surface area contributed by atoms with Crippen LogP contribution >= 0.6 is 0 Å². The fourth-order valence-electron chi connectivity index (χ4n) is 3.73. The number of aliphatic carboxylic acids is 1. The van der Waals surface area contributed by atoms with E-state index < -0.39 is 29.9 Å². The van der Waals surface area contributed by atoms with Gasteiger partial charge in [-0.3, -0.25) is 14.4 Å². The van der Waals surface area contributed by atoms with E-state index in [-0.39, 0.29) is 50.9 Å². The molecule has 0 bridgehead atoms. The van der Waals surface area contributed by atoms with E-state index in [4.69, 9.17) is 19.3 Å². The Morgan fingerprint density at radius 1 is 0.737 bits per heavy atom. The van der Waals surface area contributed by atoms with E-state index in [0.29, 0.717) is 19.6 Å². The summed E-state index contributed by atoms with van der Waals surface area (Å²) in [7, 11) is 0. The van der Waals surface area contributed by atoms with E-state index in [2.05, 4.69) is 6.92 Å². The van der Waals surface area contributed by atoms with Gasteiger partial charge in [-0.05, 0) is 24.7 Å². The van der Waals surface area contributed by atoms with Crippen molar-refractivity contribution in [3.8, 4) is 0 Å². The van der Waals surface area contributed by atoms with E-state index >= 15 is 0 Å². The lowest BCUT2D eigenvalue weighted by Crippen LogP contribution is -2.48. The monoisotopic (exact) mass is 543 g/mol. The zero-order chi connectivity index (χ0) is 28.8. The first-order chi connectivity index (χ1) is 18.1. The maximum absolute atomic E-state index is 13.0. The Bertz CT molecular complexity index is 665. The molecule has 0 aliphatic heterocycles. The third-order valence-corrected chi connectivity index (χ3v) is 5.85. The molecule has 0 aromatic carbocycles. The van der Waals surface area contributed by atoms with Gasteiger partial charge in [0.1, 0.15) is 6.04 Å². The summed E-state index contributed by atoms with van der Waals surface area (Å²) in [6, 6.07) is -1.18. The molecular weight excluding hydrogens is 490 g/mol. The van der Waals surface area contributed by atoms with Gasteiger partial charge >= 0.3 is 17.9 Å². The number of rotatable bonds is 24. The molecule has 0 aliphatic carbocycles. The summed E-state index contributed by atoms with van der Waals surface area (Å²) in [4.78, 5) is 50.7. The fraction of sp³-hybridized carbons (Fsp3) is 0.862. The second-order valence-corrected chi connectivity index (χ2v) is 10.7.